The summed E-state index contributed by atoms with van der Waals surface area (Å²) in [6.07, 6.45) is 0. The van der Waals surface area contributed by atoms with Crippen molar-refractivity contribution in [3.63, 3.8) is 0 Å². The van der Waals surface area contributed by atoms with Gasteiger partial charge in [-0.1, -0.05) is 0 Å². The van der Waals surface area contributed by atoms with Crippen LogP contribution in [0, 0.1) is 62.1 Å². The molecular weight excluding hydrogens is 509 g/mol. The van der Waals surface area contributed by atoms with Crippen LogP contribution in [0.25, 0.3) is 11.3 Å². The van der Waals surface area contributed by atoms with Gasteiger partial charge < -0.3 is 12.2 Å². The van der Waals surface area contributed by atoms with E-state index in [9.17, 15) is 18.0 Å². The predicted molar refractivity (Wildman–Crippen MR) is 66.1 cm³/mol. The van der Waals surface area contributed by atoms with E-state index in [-0.39, 0.29) is 44.2 Å². The van der Waals surface area contributed by atoms with Crippen LogP contribution in [-0.4, -0.2) is 18.1 Å². The molecule has 0 N–H and O–H groups in total. The van der Waals surface area contributed by atoms with Crippen LogP contribution in [0.1, 0.15) is 10.5 Å². The van der Waals surface area contributed by atoms with Gasteiger partial charge >= 0.3 is 37.1 Å². The van der Waals surface area contributed by atoms with Gasteiger partial charge in [-0.3, -0.25) is 4.98 Å². The molecule has 0 aliphatic rings. The minimum atomic E-state index is -1.09. The third-order valence-electron chi connectivity index (χ3n) is 2.38. The Bertz CT molecular complexity index is 630. The molecule has 1 aromatic carbocycles. The summed E-state index contributed by atoms with van der Waals surface area (Å²) in [4.78, 5) is 14.9. The van der Waals surface area contributed by atoms with Gasteiger partial charge in [-0.2, -0.15) is 6.07 Å². The minimum absolute atomic E-state index is 0. The molecule has 0 radical (unpaired) electrons. The van der Waals surface area contributed by atoms with Crippen LogP contribution < -0.4 is 0 Å². The fourth-order valence-electron chi connectivity index (χ4n) is 1.50. The Morgan fingerprint density at radius 3 is 2.43 bits per heavy atom. The first-order valence-corrected chi connectivity index (χ1v) is 5.15. The summed E-state index contributed by atoms with van der Waals surface area (Å²) in [6, 6.07) is 6.00. The summed E-state index contributed by atoms with van der Waals surface area (Å²) in [5.41, 5.74) is -1.53. The molecule has 0 unspecified atom stereocenters. The van der Waals surface area contributed by atoms with Gasteiger partial charge in [-0.15, -0.1) is 12.1 Å². The van der Waals surface area contributed by atoms with Gasteiger partial charge in [-0.25, -0.2) is 18.0 Å². The van der Waals surface area contributed by atoms with Gasteiger partial charge in [0.1, 0.15) is 11.5 Å². The third-order valence-corrected chi connectivity index (χ3v) is 2.38. The van der Waals surface area contributed by atoms with E-state index >= 15 is 0 Å². The number of carbonyl (C=O) groups is 1. The number of methoxy groups -OCH3 is 1. The van der Waals surface area contributed by atoms with Gasteiger partial charge in [0.05, 0.1) is 12.8 Å². The average Bonchev–Trinajstić information content (AvgIpc) is 2.39. The molecule has 0 spiro atoms. The first-order chi connectivity index (χ1) is 9.04. The van der Waals surface area contributed by atoms with Crippen LogP contribution in [0.5, 0.6) is 0 Å². The number of hydrogen-bond acceptors (Lipinski definition) is 3. The molecule has 0 aliphatic heterocycles. The molecule has 3 nitrogen and oxygen atoms in total. The molecular formula is C14H10F3NO2U. The van der Waals surface area contributed by atoms with Crippen molar-refractivity contribution in [3.8, 4) is 11.3 Å². The zero-order valence-corrected chi connectivity index (χ0v) is 15.4. The zero-order valence-electron chi connectivity index (χ0n) is 11.2. The van der Waals surface area contributed by atoms with Crippen molar-refractivity contribution in [3.05, 3.63) is 60.9 Å². The largest absolute Gasteiger partial charge is 2.00 e. The maximum atomic E-state index is 13.6. The molecule has 2 aromatic rings. The Hall–Kier alpha value is -1.32. The molecule has 108 valence electrons. The van der Waals surface area contributed by atoms with E-state index in [0.717, 1.165) is 31.4 Å². The summed E-state index contributed by atoms with van der Waals surface area (Å²) in [6.45, 7) is 0. The van der Waals surface area contributed by atoms with Crippen molar-refractivity contribution in [2.75, 3.05) is 7.11 Å². The molecule has 0 atom stereocenters. The van der Waals surface area contributed by atoms with E-state index in [2.05, 4.69) is 15.8 Å². The Labute approximate surface area is 143 Å². The molecule has 7 heteroatoms. The van der Waals surface area contributed by atoms with E-state index in [1.54, 1.807) is 0 Å². The van der Waals surface area contributed by atoms with Crippen LogP contribution >= 0.6 is 0 Å². The number of esters is 1. The van der Waals surface area contributed by atoms with Crippen molar-refractivity contribution in [2.24, 2.45) is 0 Å². The summed E-state index contributed by atoms with van der Waals surface area (Å²) in [7, 11) is 1.12. The normalized spacial score (nSPS) is 9.33. The van der Waals surface area contributed by atoms with Crippen molar-refractivity contribution >= 4 is 5.97 Å². The minimum Gasteiger partial charge on any atom is -0.464 e. The Balaban J connectivity index is 0.00000200. The number of nitrogens with zero attached hydrogens (tertiary/aromatic N) is 1. The monoisotopic (exact) mass is 519 g/mol. The molecule has 2 rings (SSSR count). The van der Waals surface area contributed by atoms with E-state index < -0.39 is 34.7 Å². The number of pyridine rings is 1. The van der Waals surface area contributed by atoms with Crippen LogP contribution in [-0.2, 0) is 4.74 Å². The smallest absolute Gasteiger partial charge is 0.464 e. The second-order valence-electron chi connectivity index (χ2n) is 3.53. The first-order valence-electron chi connectivity index (χ1n) is 5.15. The summed E-state index contributed by atoms with van der Waals surface area (Å²) in [5.74, 6) is -3.87. The van der Waals surface area contributed by atoms with Crippen molar-refractivity contribution in [1.82, 2.24) is 4.98 Å². The number of hydrogen-bond donors (Lipinski definition) is 0. The molecule has 0 aliphatic carbocycles. The Kier molecular flexibility index (Phi) is 7.69. The van der Waals surface area contributed by atoms with Crippen molar-refractivity contribution in [2.45, 2.75) is 0 Å². The summed E-state index contributed by atoms with van der Waals surface area (Å²) < 4.78 is 45.1. The average molecular weight is 519 g/mol. The topological polar surface area (TPSA) is 39.2 Å². The molecule has 1 heterocycles. The second-order valence-corrected chi connectivity index (χ2v) is 3.53. The number of ether oxygens (including phenoxy) is 1. The number of carbonyl (C=O) groups excluding carboxylic acids is 1. The number of benzene rings is 1. The van der Waals surface area contributed by atoms with Crippen LogP contribution in [0.2, 0.25) is 0 Å². The van der Waals surface area contributed by atoms with E-state index in [0.29, 0.717) is 0 Å². The third kappa shape index (κ3) is 4.08. The van der Waals surface area contributed by atoms with Crippen molar-refractivity contribution in [1.29, 1.82) is 0 Å². The molecule has 1 aromatic heterocycles. The fourth-order valence-corrected chi connectivity index (χ4v) is 1.50. The summed E-state index contributed by atoms with van der Waals surface area (Å²) in [5, 5.41) is 0. The maximum absolute atomic E-state index is 13.6. The first kappa shape index (κ1) is 19.7. The molecule has 0 amide bonds. The molecule has 21 heavy (non-hydrogen) atoms. The SMILES string of the molecule is COC(=O)c1ccc(F)c(-c2c(F)[c-]ccc2F)n1.[CH3-].[U+2]. The van der Waals surface area contributed by atoms with E-state index in [1.807, 2.05) is 0 Å². The number of halogens is 3. The summed E-state index contributed by atoms with van der Waals surface area (Å²) >= 11 is 0. The Morgan fingerprint density at radius 1 is 1.19 bits per heavy atom. The number of aromatic nitrogens is 1. The maximum Gasteiger partial charge on any atom is 2.00 e. The zero-order chi connectivity index (χ0) is 14.0. The molecule has 0 fully saturated rings. The van der Waals surface area contributed by atoms with Crippen LogP contribution in [0.15, 0.2) is 24.3 Å². The van der Waals surface area contributed by atoms with E-state index in [1.165, 1.54) is 0 Å². The predicted octanol–water partition coefficient (Wildman–Crippen LogP) is 3.20. The number of rotatable bonds is 2. The van der Waals surface area contributed by atoms with Gasteiger partial charge in [0.2, 0.25) is 0 Å². The van der Waals surface area contributed by atoms with E-state index in [4.69, 9.17) is 0 Å². The second kappa shape index (κ2) is 8.20. The standard InChI is InChI=1S/C13H7F3NO2.CH3.U/c1-19-13(18)10-6-5-9(16)12(17-10)11-7(14)3-2-4-8(11)15;;/h2-3,5-6H,1H3;1H3;/q2*-1;+2. The van der Waals surface area contributed by atoms with Gasteiger partial charge in [-0.05, 0) is 17.7 Å². The molecule has 0 saturated heterocycles. The molecule has 0 bridgehead atoms. The Morgan fingerprint density at radius 2 is 1.86 bits per heavy atom. The van der Waals surface area contributed by atoms with Gasteiger partial charge in [0.25, 0.3) is 0 Å². The van der Waals surface area contributed by atoms with Crippen LogP contribution in [0.3, 0.4) is 0 Å². The fraction of sp³-hybridized carbons (Fsp3) is 0.0714. The van der Waals surface area contributed by atoms with Gasteiger partial charge in [0, 0.05) is 11.6 Å². The molecule has 0 saturated carbocycles. The van der Waals surface area contributed by atoms with Crippen LogP contribution in [0.4, 0.5) is 13.2 Å². The van der Waals surface area contributed by atoms with Crippen molar-refractivity contribution < 1.29 is 53.8 Å². The quantitative estimate of drug-likeness (QED) is 0.452. The van der Waals surface area contributed by atoms with Gasteiger partial charge in [0.15, 0.2) is 0 Å².